The molecule has 1 N–H and O–H groups in total. The Bertz CT molecular complexity index is 975. The van der Waals surface area contributed by atoms with E-state index in [2.05, 4.69) is 36.3 Å². The molecule has 1 unspecified atom stereocenters. The van der Waals surface area contributed by atoms with Crippen molar-refractivity contribution >= 4 is 38.3 Å². The number of anilines is 1. The number of halogens is 1. The number of amides is 1. The van der Waals surface area contributed by atoms with Gasteiger partial charge < -0.3 is 15.0 Å². The predicted molar refractivity (Wildman–Crippen MR) is 117 cm³/mol. The molecule has 1 aliphatic heterocycles. The molecule has 9 heteroatoms. The van der Waals surface area contributed by atoms with Crippen LogP contribution >= 0.6 is 27.3 Å². The molecule has 7 nitrogen and oxygen atoms in total. The summed E-state index contributed by atoms with van der Waals surface area (Å²) in [5, 5.41) is 13.4. The highest BCUT2D eigenvalue weighted by Crippen LogP contribution is 2.28. The van der Waals surface area contributed by atoms with E-state index in [0.717, 1.165) is 45.4 Å². The first-order valence-electron chi connectivity index (χ1n) is 9.46. The highest BCUT2D eigenvalue weighted by Gasteiger charge is 2.27. The number of nitrogens with one attached hydrogen (secondary N) is 1. The number of aromatic nitrogens is 3. The van der Waals surface area contributed by atoms with Gasteiger partial charge in [0.2, 0.25) is 16.2 Å². The molecular weight excluding hydrogens is 454 g/mol. The zero-order valence-electron chi connectivity index (χ0n) is 16.0. The minimum Gasteiger partial charge on any atom is -0.496 e. The predicted octanol–water partition coefficient (Wildman–Crippen LogP) is 3.63. The molecule has 1 aliphatic rings. The Morgan fingerprint density at radius 3 is 2.90 bits per heavy atom. The van der Waals surface area contributed by atoms with Gasteiger partial charge >= 0.3 is 0 Å². The van der Waals surface area contributed by atoms with Crippen LogP contribution in [0, 0.1) is 5.92 Å². The first kappa shape index (κ1) is 19.9. The average Bonchev–Trinajstić information content (AvgIpc) is 3.44. The van der Waals surface area contributed by atoms with E-state index in [1.165, 1.54) is 0 Å². The van der Waals surface area contributed by atoms with Gasteiger partial charge in [-0.25, -0.2) is 0 Å². The SMILES string of the molecule is COc1ccc(Br)cc1CNC(=O)C1CCCN(c2nnc(-n3cccc3)s2)C1. The van der Waals surface area contributed by atoms with E-state index < -0.39 is 0 Å². The average molecular weight is 476 g/mol. The van der Waals surface area contributed by atoms with Gasteiger partial charge in [0.25, 0.3) is 0 Å². The van der Waals surface area contributed by atoms with Crippen LogP contribution in [0.4, 0.5) is 5.13 Å². The molecule has 0 saturated carbocycles. The summed E-state index contributed by atoms with van der Waals surface area (Å²) in [5.41, 5.74) is 0.948. The monoisotopic (exact) mass is 475 g/mol. The standard InChI is InChI=1S/C20H22BrN5O2S/c1-28-17-7-6-16(21)11-15(17)12-22-18(27)14-5-4-10-26(13-14)20-24-23-19(29-20)25-8-2-3-9-25/h2-3,6-9,11,14H,4-5,10,12-13H2,1H3,(H,22,27). The van der Waals surface area contributed by atoms with Crippen LogP contribution in [-0.4, -0.2) is 40.9 Å². The lowest BCUT2D eigenvalue weighted by Gasteiger charge is -2.31. The molecule has 4 rings (SSSR count). The van der Waals surface area contributed by atoms with E-state index in [1.54, 1.807) is 18.4 Å². The molecule has 1 amide bonds. The van der Waals surface area contributed by atoms with E-state index >= 15 is 0 Å². The second-order valence-electron chi connectivity index (χ2n) is 6.92. The third kappa shape index (κ3) is 4.62. The highest BCUT2D eigenvalue weighted by molar-refractivity contribution is 9.10. The van der Waals surface area contributed by atoms with Crippen molar-refractivity contribution < 1.29 is 9.53 Å². The van der Waals surface area contributed by atoms with E-state index in [0.29, 0.717) is 13.1 Å². The van der Waals surface area contributed by atoms with Gasteiger partial charge in [0.05, 0.1) is 13.0 Å². The van der Waals surface area contributed by atoms with Gasteiger partial charge in [0.1, 0.15) is 5.75 Å². The topological polar surface area (TPSA) is 72.3 Å². The highest BCUT2D eigenvalue weighted by atomic mass is 79.9. The van der Waals surface area contributed by atoms with Crippen molar-refractivity contribution in [2.75, 3.05) is 25.1 Å². The van der Waals surface area contributed by atoms with Crippen LogP contribution in [0.15, 0.2) is 47.2 Å². The van der Waals surface area contributed by atoms with Gasteiger partial charge in [-0.3, -0.25) is 9.36 Å². The first-order chi connectivity index (χ1) is 14.1. The van der Waals surface area contributed by atoms with Crippen LogP contribution in [-0.2, 0) is 11.3 Å². The van der Waals surface area contributed by atoms with Crippen LogP contribution in [0.1, 0.15) is 18.4 Å². The molecule has 0 aliphatic carbocycles. The van der Waals surface area contributed by atoms with Crippen molar-refractivity contribution in [3.63, 3.8) is 0 Å². The van der Waals surface area contributed by atoms with E-state index in [-0.39, 0.29) is 11.8 Å². The first-order valence-corrected chi connectivity index (χ1v) is 11.1. The zero-order valence-corrected chi connectivity index (χ0v) is 18.4. The maximum absolute atomic E-state index is 12.8. The van der Waals surface area contributed by atoms with Crippen LogP contribution < -0.4 is 15.0 Å². The number of piperidine rings is 1. The van der Waals surface area contributed by atoms with E-state index in [1.807, 2.05) is 47.3 Å². The number of hydrogen-bond acceptors (Lipinski definition) is 6. The summed E-state index contributed by atoms with van der Waals surface area (Å²) in [4.78, 5) is 15.0. The molecule has 0 radical (unpaired) electrons. The van der Waals surface area contributed by atoms with Gasteiger partial charge in [-0.05, 0) is 43.2 Å². The largest absolute Gasteiger partial charge is 0.496 e. The third-order valence-electron chi connectivity index (χ3n) is 4.99. The van der Waals surface area contributed by atoms with Gasteiger partial charge in [-0.2, -0.15) is 0 Å². The van der Waals surface area contributed by atoms with E-state index in [4.69, 9.17) is 4.74 Å². The number of ether oxygens (including phenoxy) is 1. The minimum absolute atomic E-state index is 0.0619. The summed E-state index contributed by atoms with van der Waals surface area (Å²) in [7, 11) is 1.64. The third-order valence-corrected chi connectivity index (χ3v) is 6.48. The maximum atomic E-state index is 12.8. The Balaban J connectivity index is 1.38. The van der Waals surface area contributed by atoms with Crippen molar-refractivity contribution in [1.82, 2.24) is 20.1 Å². The van der Waals surface area contributed by atoms with E-state index in [9.17, 15) is 4.79 Å². The Morgan fingerprint density at radius 1 is 1.31 bits per heavy atom. The molecule has 3 aromatic rings. The fourth-order valence-electron chi connectivity index (χ4n) is 3.48. The fraction of sp³-hybridized carbons (Fsp3) is 0.350. The number of carbonyl (C=O) groups is 1. The number of carbonyl (C=O) groups excluding carboxylic acids is 1. The van der Waals surface area contributed by atoms with Gasteiger partial charge in [0.15, 0.2) is 0 Å². The van der Waals surface area contributed by atoms with Crippen LogP contribution in [0.3, 0.4) is 0 Å². The van der Waals surface area contributed by atoms with Gasteiger partial charge in [0, 0.05) is 42.1 Å². The summed E-state index contributed by atoms with van der Waals surface area (Å²) in [6, 6.07) is 9.71. The summed E-state index contributed by atoms with van der Waals surface area (Å²) in [5.74, 6) is 0.762. The Hall–Kier alpha value is -2.39. The molecule has 1 fully saturated rings. The number of hydrogen-bond donors (Lipinski definition) is 1. The second-order valence-corrected chi connectivity index (χ2v) is 8.77. The molecule has 152 valence electrons. The van der Waals surface area contributed by atoms with Crippen molar-refractivity contribution in [1.29, 1.82) is 0 Å². The Kier molecular flexibility index (Phi) is 6.15. The Morgan fingerprint density at radius 2 is 2.10 bits per heavy atom. The summed E-state index contributed by atoms with van der Waals surface area (Å²) >= 11 is 5.01. The number of benzene rings is 1. The zero-order chi connectivity index (χ0) is 20.2. The molecular formula is C20H22BrN5O2S. The van der Waals surface area contributed by atoms with Crippen molar-refractivity contribution in [3.8, 4) is 10.9 Å². The lowest BCUT2D eigenvalue weighted by Crippen LogP contribution is -2.43. The second kappa shape index (κ2) is 8.96. The smallest absolute Gasteiger partial charge is 0.225 e. The molecule has 3 heterocycles. The lowest BCUT2D eigenvalue weighted by atomic mass is 9.97. The summed E-state index contributed by atoms with van der Waals surface area (Å²) in [6.45, 7) is 1.99. The van der Waals surface area contributed by atoms with Crippen LogP contribution in [0.5, 0.6) is 5.75 Å². The molecule has 29 heavy (non-hydrogen) atoms. The molecule has 0 spiro atoms. The quantitative estimate of drug-likeness (QED) is 0.589. The number of methoxy groups -OCH3 is 1. The molecule has 0 bridgehead atoms. The molecule has 1 aromatic carbocycles. The number of nitrogens with zero attached hydrogens (tertiary/aromatic N) is 4. The minimum atomic E-state index is -0.0687. The maximum Gasteiger partial charge on any atom is 0.225 e. The molecule has 1 atom stereocenters. The van der Waals surface area contributed by atoms with Gasteiger partial charge in [-0.1, -0.05) is 27.3 Å². The van der Waals surface area contributed by atoms with Crippen molar-refractivity contribution in [2.24, 2.45) is 5.92 Å². The van der Waals surface area contributed by atoms with Crippen molar-refractivity contribution in [3.05, 3.63) is 52.8 Å². The van der Waals surface area contributed by atoms with Gasteiger partial charge in [-0.15, -0.1) is 10.2 Å². The molecule has 2 aromatic heterocycles. The lowest BCUT2D eigenvalue weighted by molar-refractivity contribution is -0.125. The summed E-state index contributed by atoms with van der Waals surface area (Å²) in [6.07, 6.45) is 5.73. The normalized spacial score (nSPS) is 16.6. The summed E-state index contributed by atoms with van der Waals surface area (Å²) < 4.78 is 8.29. The molecule has 1 saturated heterocycles. The number of rotatable bonds is 6. The van der Waals surface area contributed by atoms with Crippen LogP contribution in [0.2, 0.25) is 0 Å². The fourth-order valence-corrected chi connectivity index (χ4v) is 4.74. The Labute approximate surface area is 181 Å². The van der Waals surface area contributed by atoms with Crippen LogP contribution in [0.25, 0.3) is 5.13 Å². The van der Waals surface area contributed by atoms with Crippen molar-refractivity contribution in [2.45, 2.75) is 19.4 Å².